The Morgan fingerprint density at radius 3 is 3.04 bits per heavy atom. The number of allylic oxidation sites excluding steroid dienone is 3. The Morgan fingerprint density at radius 2 is 2.26 bits per heavy atom. The van der Waals surface area contributed by atoms with E-state index in [0.717, 1.165) is 25.1 Å². The summed E-state index contributed by atoms with van der Waals surface area (Å²) in [5.74, 6) is 1.74. The maximum atomic E-state index is 12.6. The lowest BCUT2D eigenvalue weighted by atomic mass is 9.46. The minimum atomic E-state index is -1.02. The topological polar surface area (TPSA) is 59.0 Å². The number of nitrogens with zero attached hydrogens (tertiary/aromatic N) is 1. The van der Waals surface area contributed by atoms with Crippen molar-refractivity contribution in [3.8, 4) is 0 Å². The summed E-state index contributed by atoms with van der Waals surface area (Å²) in [7, 11) is 3.69. The van der Waals surface area contributed by atoms with E-state index in [0.29, 0.717) is 5.76 Å². The van der Waals surface area contributed by atoms with E-state index in [2.05, 4.69) is 18.0 Å². The van der Waals surface area contributed by atoms with Gasteiger partial charge in [-0.3, -0.25) is 4.79 Å². The molecule has 2 aliphatic heterocycles. The van der Waals surface area contributed by atoms with Crippen molar-refractivity contribution in [2.75, 3.05) is 20.7 Å². The van der Waals surface area contributed by atoms with Crippen LogP contribution >= 0.6 is 0 Å². The van der Waals surface area contributed by atoms with E-state index in [1.165, 1.54) is 6.08 Å². The van der Waals surface area contributed by atoms with Crippen LogP contribution in [0.4, 0.5) is 0 Å². The molecule has 2 saturated heterocycles. The minimum absolute atomic E-state index is 0.0149. The first kappa shape index (κ1) is 13.8. The summed E-state index contributed by atoms with van der Waals surface area (Å²) in [4.78, 5) is 14.8. The highest BCUT2D eigenvalue weighted by molar-refractivity contribution is 5.97. The van der Waals surface area contributed by atoms with Crippen molar-refractivity contribution >= 4 is 5.78 Å². The second kappa shape index (κ2) is 4.08. The SMILES string of the molecule is COC1=C2O[C@H]3C(=O)C=C[C@@]4(O)[C@H]5CC(C=C1)C2[C@@]34CCN5C. The molecular weight excluding hydrogens is 294 g/mol. The first-order chi connectivity index (χ1) is 11.0. The van der Waals surface area contributed by atoms with E-state index in [9.17, 15) is 9.90 Å². The molecule has 6 atom stereocenters. The lowest BCUT2D eigenvalue weighted by molar-refractivity contribution is -0.205. The van der Waals surface area contributed by atoms with Crippen molar-refractivity contribution in [2.45, 2.75) is 30.6 Å². The summed E-state index contributed by atoms with van der Waals surface area (Å²) in [6.45, 7) is 0.872. The molecular formula is C18H21NO4. The Hall–Kier alpha value is -1.59. The Balaban J connectivity index is 1.79. The van der Waals surface area contributed by atoms with E-state index < -0.39 is 17.1 Å². The van der Waals surface area contributed by atoms with Crippen LogP contribution in [0, 0.1) is 17.3 Å². The maximum absolute atomic E-state index is 12.6. The zero-order valence-corrected chi connectivity index (χ0v) is 13.4. The van der Waals surface area contributed by atoms with Crippen molar-refractivity contribution in [3.63, 3.8) is 0 Å². The van der Waals surface area contributed by atoms with Crippen LogP contribution in [0.1, 0.15) is 12.8 Å². The number of carbonyl (C=O) groups is 1. The van der Waals surface area contributed by atoms with Gasteiger partial charge >= 0.3 is 0 Å². The van der Waals surface area contributed by atoms with Crippen molar-refractivity contribution in [2.24, 2.45) is 17.3 Å². The molecule has 122 valence electrons. The lowest BCUT2D eigenvalue weighted by Gasteiger charge is -2.63. The van der Waals surface area contributed by atoms with Gasteiger partial charge in [0, 0.05) is 12.0 Å². The van der Waals surface area contributed by atoms with Crippen LogP contribution in [-0.2, 0) is 14.3 Å². The molecule has 5 heteroatoms. The Morgan fingerprint density at radius 1 is 1.43 bits per heavy atom. The summed E-state index contributed by atoms with van der Waals surface area (Å²) < 4.78 is 11.7. The molecule has 3 aliphatic carbocycles. The van der Waals surface area contributed by atoms with Crippen LogP contribution < -0.4 is 0 Å². The molecule has 0 aromatic heterocycles. The molecule has 3 fully saturated rings. The first-order valence-electron chi connectivity index (χ1n) is 8.31. The van der Waals surface area contributed by atoms with Gasteiger partial charge in [-0.2, -0.15) is 0 Å². The second-order valence-electron chi connectivity index (χ2n) is 7.51. The molecule has 5 aliphatic rings. The predicted molar refractivity (Wildman–Crippen MR) is 82.2 cm³/mol. The third kappa shape index (κ3) is 1.32. The molecule has 1 saturated carbocycles. The highest BCUT2D eigenvalue weighted by Crippen LogP contribution is 2.67. The average molecular weight is 315 g/mol. The average Bonchev–Trinajstić information content (AvgIpc) is 2.90. The fourth-order valence-electron chi connectivity index (χ4n) is 5.88. The first-order valence-corrected chi connectivity index (χ1v) is 8.31. The molecule has 0 radical (unpaired) electrons. The normalized spacial score (nSPS) is 50.0. The Kier molecular flexibility index (Phi) is 2.45. The van der Waals surface area contributed by atoms with Crippen LogP contribution in [0.5, 0.6) is 0 Å². The summed E-state index contributed by atoms with van der Waals surface area (Å²) in [6, 6.07) is 0.0149. The number of methoxy groups -OCH3 is 1. The number of carbonyl (C=O) groups excluding carboxylic acids is 1. The highest BCUT2D eigenvalue weighted by atomic mass is 16.5. The molecule has 0 aromatic carbocycles. The van der Waals surface area contributed by atoms with Crippen LogP contribution in [-0.4, -0.2) is 54.2 Å². The van der Waals surface area contributed by atoms with Crippen molar-refractivity contribution in [1.29, 1.82) is 0 Å². The Labute approximate surface area is 135 Å². The van der Waals surface area contributed by atoms with Gasteiger partial charge in [0.25, 0.3) is 0 Å². The second-order valence-corrected chi connectivity index (χ2v) is 7.51. The fraction of sp³-hybridized carbons (Fsp3) is 0.611. The quantitative estimate of drug-likeness (QED) is 0.782. The van der Waals surface area contributed by atoms with Crippen LogP contribution in [0.3, 0.4) is 0 Å². The third-order valence-corrected chi connectivity index (χ3v) is 6.86. The smallest absolute Gasteiger partial charge is 0.196 e. The lowest BCUT2D eigenvalue weighted by Crippen LogP contribution is -2.74. The van der Waals surface area contributed by atoms with Gasteiger partial charge in [0.2, 0.25) is 0 Å². The van der Waals surface area contributed by atoms with Crippen LogP contribution in [0.2, 0.25) is 0 Å². The number of hydrogen-bond acceptors (Lipinski definition) is 5. The van der Waals surface area contributed by atoms with Crippen molar-refractivity contribution < 1.29 is 19.4 Å². The monoisotopic (exact) mass is 315 g/mol. The van der Waals surface area contributed by atoms with Crippen molar-refractivity contribution in [3.05, 3.63) is 35.8 Å². The van der Waals surface area contributed by atoms with E-state index in [1.807, 2.05) is 6.08 Å². The standard InChI is InChI=1S/C18H21NO4/c1-19-8-7-17-14-10-3-4-12(22-2)15(14)23-16(17)11(20)5-6-18(17,21)13(19)9-10/h3-6,10,13-14,16,21H,7-9H2,1-2H3/t10?,13-,14?,16+,17+,18-/m1/s1. The number of ketones is 1. The number of aliphatic hydroxyl groups is 1. The van der Waals surface area contributed by atoms with E-state index in [1.54, 1.807) is 13.2 Å². The predicted octanol–water partition coefficient (Wildman–Crippen LogP) is 1.01. The van der Waals surface area contributed by atoms with Gasteiger partial charge in [0.15, 0.2) is 17.6 Å². The third-order valence-electron chi connectivity index (χ3n) is 6.86. The van der Waals surface area contributed by atoms with Gasteiger partial charge < -0.3 is 19.5 Å². The molecule has 23 heavy (non-hydrogen) atoms. The molecule has 1 spiro atoms. The summed E-state index contributed by atoms with van der Waals surface area (Å²) in [6.07, 6.45) is 8.43. The number of ether oxygens (including phenoxy) is 2. The molecule has 2 unspecified atom stereocenters. The molecule has 5 nitrogen and oxygen atoms in total. The zero-order valence-electron chi connectivity index (χ0n) is 13.4. The Bertz CT molecular complexity index is 695. The number of piperidine rings is 1. The van der Waals surface area contributed by atoms with Gasteiger partial charge in [0.1, 0.15) is 11.4 Å². The molecule has 5 rings (SSSR count). The van der Waals surface area contributed by atoms with Crippen molar-refractivity contribution in [1.82, 2.24) is 4.90 Å². The summed E-state index contributed by atoms with van der Waals surface area (Å²) in [5.41, 5.74) is -1.59. The van der Waals surface area contributed by atoms with E-state index in [-0.39, 0.29) is 23.7 Å². The number of hydrogen-bond donors (Lipinski definition) is 1. The molecule has 0 amide bonds. The molecule has 0 aromatic rings. The highest BCUT2D eigenvalue weighted by Gasteiger charge is 2.75. The summed E-state index contributed by atoms with van der Waals surface area (Å²) in [5, 5.41) is 11.7. The fourth-order valence-corrected chi connectivity index (χ4v) is 5.88. The van der Waals surface area contributed by atoms with Gasteiger partial charge in [-0.15, -0.1) is 0 Å². The molecule has 2 heterocycles. The number of likely N-dealkylation sites (N-methyl/N-ethyl adjacent to an activating group) is 1. The molecule has 1 N–H and O–H groups in total. The summed E-state index contributed by atoms with van der Waals surface area (Å²) >= 11 is 0. The van der Waals surface area contributed by atoms with E-state index >= 15 is 0 Å². The minimum Gasteiger partial charge on any atom is -0.493 e. The van der Waals surface area contributed by atoms with Gasteiger partial charge in [0.05, 0.1) is 12.5 Å². The van der Waals surface area contributed by atoms with Crippen LogP contribution in [0.25, 0.3) is 0 Å². The van der Waals surface area contributed by atoms with Gasteiger partial charge in [-0.25, -0.2) is 0 Å². The molecule has 2 bridgehead atoms. The zero-order chi connectivity index (χ0) is 16.0. The van der Waals surface area contributed by atoms with Crippen LogP contribution in [0.15, 0.2) is 35.8 Å². The number of rotatable bonds is 1. The maximum Gasteiger partial charge on any atom is 0.196 e. The number of likely N-dealkylation sites (tertiary alicyclic amines) is 1. The van der Waals surface area contributed by atoms with Gasteiger partial charge in [-0.1, -0.05) is 6.08 Å². The largest absolute Gasteiger partial charge is 0.493 e. The van der Waals surface area contributed by atoms with Gasteiger partial charge in [-0.05, 0) is 50.6 Å². The van der Waals surface area contributed by atoms with E-state index in [4.69, 9.17) is 9.47 Å².